The number of carbonyl (C=O) groups is 1. The fourth-order valence-corrected chi connectivity index (χ4v) is 1.90. The molecule has 0 spiro atoms. The van der Waals surface area contributed by atoms with Crippen LogP contribution in [-0.4, -0.2) is 34.5 Å². The van der Waals surface area contributed by atoms with Crippen molar-refractivity contribution in [1.82, 2.24) is 9.47 Å². The van der Waals surface area contributed by atoms with E-state index in [9.17, 15) is 9.59 Å². The van der Waals surface area contributed by atoms with Gasteiger partial charge in [-0.05, 0) is 25.5 Å². The molecule has 1 aromatic rings. The lowest BCUT2D eigenvalue weighted by molar-refractivity contribution is -0.128. The van der Waals surface area contributed by atoms with Gasteiger partial charge in [-0.2, -0.15) is 0 Å². The number of nitrogens with zero attached hydrogens (tertiary/aromatic N) is 2. The Morgan fingerprint density at radius 1 is 1.42 bits per heavy atom. The zero-order chi connectivity index (χ0) is 14.6. The van der Waals surface area contributed by atoms with E-state index in [0.717, 1.165) is 5.69 Å². The van der Waals surface area contributed by atoms with Crippen molar-refractivity contribution in [2.75, 3.05) is 14.1 Å². The predicted molar refractivity (Wildman–Crippen MR) is 79.3 cm³/mol. The zero-order valence-corrected chi connectivity index (χ0v) is 12.3. The Balaban J connectivity index is 2.84. The van der Waals surface area contributed by atoms with Gasteiger partial charge in [0.05, 0.1) is 5.56 Å². The summed E-state index contributed by atoms with van der Waals surface area (Å²) in [4.78, 5) is 25.3. The first kappa shape index (κ1) is 15.4. The summed E-state index contributed by atoms with van der Waals surface area (Å²) in [7, 11) is 3.43. The van der Waals surface area contributed by atoms with Gasteiger partial charge in [-0.1, -0.05) is 12.2 Å². The molecule has 104 valence electrons. The van der Waals surface area contributed by atoms with Crippen molar-refractivity contribution in [2.24, 2.45) is 5.73 Å². The lowest BCUT2D eigenvalue weighted by Crippen LogP contribution is -2.30. The molecule has 0 bridgehead atoms. The highest BCUT2D eigenvalue weighted by molar-refractivity contribution is 7.80. The Kier molecular flexibility index (Phi) is 5.23. The van der Waals surface area contributed by atoms with Crippen LogP contribution in [0.5, 0.6) is 0 Å². The molecule has 6 heteroatoms. The lowest BCUT2D eigenvalue weighted by Gasteiger charge is -2.13. The third-order valence-electron chi connectivity index (χ3n) is 2.93. The average Bonchev–Trinajstić information content (AvgIpc) is 2.32. The summed E-state index contributed by atoms with van der Waals surface area (Å²) in [6.07, 6.45) is 1.02. The van der Waals surface area contributed by atoms with Crippen LogP contribution in [0.2, 0.25) is 0 Å². The normalized spacial score (nSPS) is 10.3. The summed E-state index contributed by atoms with van der Waals surface area (Å²) >= 11 is 4.84. The number of carbonyl (C=O) groups excluding carboxylic acids is 1. The molecule has 0 radical (unpaired) electrons. The van der Waals surface area contributed by atoms with Crippen LogP contribution < -0.4 is 11.3 Å². The van der Waals surface area contributed by atoms with E-state index in [1.54, 1.807) is 29.6 Å². The Morgan fingerprint density at radius 3 is 2.58 bits per heavy atom. The van der Waals surface area contributed by atoms with Crippen LogP contribution in [-0.2, 0) is 11.3 Å². The quantitative estimate of drug-likeness (QED) is 0.805. The minimum atomic E-state index is -0.190. The molecule has 1 rings (SSSR count). The second-order valence-corrected chi connectivity index (χ2v) is 5.04. The monoisotopic (exact) mass is 281 g/mol. The van der Waals surface area contributed by atoms with Crippen molar-refractivity contribution in [2.45, 2.75) is 26.3 Å². The number of aromatic nitrogens is 1. The van der Waals surface area contributed by atoms with E-state index in [4.69, 9.17) is 18.0 Å². The first-order chi connectivity index (χ1) is 8.84. The molecule has 2 N–H and O–H groups in total. The molecule has 0 aliphatic rings. The van der Waals surface area contributed by atoms with E-state index in [-0.39, 0.29) is 16.5 Å². The van der Waals surface area contributed by atoms with Gasteiger partial charge in [0.1, 0.15) is 4.99 Å². The predicted octanol–water partition coefficient (Wildman–Crippen LogP) is 0.659. The van der Waals surface area contributed by atoms with Gasteiger partial charge in [-0.3, -0.25) is 9.59 Å². The summed E-state index contributed by atoms with van der Waals surface area (Å²) < 4.78 is 1.61. The van der Waals surface area contributed by atoms with Gasteiger partial charge < -0.3 is 15.2 Å². The molecule has 1 aromatic heterocycles. The first-order valence-corrected chi connectivity index (χ1v) is 6.46. The smallest absolute Gasteiger partial charge is 0.260 e. The average molecular weight is 281 g/mol. The van der Waals surface area contributed by atoms with E-state index in [2.05, 4.69) is 0 Å². The van der Waals surface area contributed by atoms with Gasteiger partial charge in [0.2, 0.25) is 5.91 Å². The van der Waals surface area contributed by atoms with Crippen LogP contribution in [0.3, 0.4) is 0 Å². The highest BCUT2D eigenvalue weighted by atomic mass is 32.1. The fraction of sp³-hybridized carbons (Fsp3) is 0.462. The molecular formula is C13H19N3O2S. The molecule has 0 saturated carbocycles. The maximum Gasteiger partial charge on any atom is 0.260 e. The van der Waals surface area contributed by atoms with Crippen molar-refractivity contribution in [3.63, 3.8) is 0 Å². The van der Waals surface area contributed by atoms with Crippen LogP contribution in [0.1, 0.15) is 24.1 Å². The number of hydrogen-bond acceptors (Lipinski definition) is 3. The van der Waals surface area contributed by atoms with E-state index in [1.165, 1.54) is 0 Å². The molecular weight excluding hydrogens is 262 g/mol. The molecule has 0 aliphatic heterocycles. The Bertz CT molecular complexity index is 549. The highest BCUT2D eigenvalue weighted by Gasteiger charge is 2.09. The molecule has 0 aromatic carbocycles. The summed E-state index contributed by atoms with van der Waals surface area (Å²) in [6.45, 7) is 2.33. The van der Waals surface area contributed by atoms with E-state index >= 15 is 0 Å². The van der Waals surface area contributed by atoms with Gasteiger partial charge in [-0.25, -0.2) is 0 Å². The number of amides is 1. The second kappa shape index (κ2) is 6.47. The van der Waals surface area contributed by atoms with Crippen molar-refractivity contribution in [1.29, 1.82) is 0 Å². The first-order valence-electron chi connectivity index (χ1n) is 6.05. The van der Waals surface area contributed by atoms with Gasteiger partial charge in [0.15, 0.2) is 0 Å². The summed E-state index contributed by atoms with van der Waals surface area (Å²) in [5.74, 6) is 0.0520. The number of hydrogen-bond donors (Lipinski definition) is 1. The van der Waals surface area contributed by atoms with Crippen molar-refractivity contribution >= 4 is 23.1 Å². The minimum absolute atomic E-state index is 0.0520. The minimum Gasteiger partial charge on any atom is -0.389 e. The van der Waals surface area contributed by atoms with Crippen molar-refractivity contribution in [3.8, 4) is 0 Å². The molecule has 1 amide bonds. The van der Waals surface area contributed by atoms with Crippen LogP contribution in [0.4, 0.5) is 0 Å². The molecule has 5 nitrogen and oxygen atoms in total. The van der Waals surface area contributed by atoms with Crippen molar-refractivity contribution < 1.29 is 4.79 Å². The fourth-order valence-electron chi connectivity index (χ4n) is 1.75. The summed E-state index contributed by atoms with van der Waals surface area (Å²) in [6, 6.07) is 3.45. The second-order valence-electron chi connectivity index (χ2n) is 4.60. The molecule has 19 heavy (non-hydrogen) atoms. The van der Waals surface area contributed by atoms with E-state index in [1.807, 2.05) is 13.0 Å². The molecule has 1 heterocycles. The largest absolute Gasteiger partial charge is 0.389 e. The van der Waals surface area contributed by atoms with E-state index < -0.39 is 0 Å². The maximum atomic E-state index is 12.1. The third kappa shape index (κ3) is 3.89. The summed E-state index contributed by atoms with van der Waals surface area (Å²) in [5, 5.41) is 0. The number of rotatable bonds is 5. The number of thiocarbonyl (C=S) groups is 1. The van der Waals surface area contributed by atoms with Gasteiger partial charge in [0, 0.05) is 32.8 Å². The van der Waals surface area contributed by atoms with Gasteiger partial charge in [-0.15, -0.1) is 0 Å². The third-order valence-corrected chi connectivity index (χ3v) is 3.15. The van der Waals surface area contributed by atoms with Crippen molar-refractivity contribution in [3.05, 3.63) is 33.7 Å². The summed E-state index contributed by atoms with van der Waals surface area (Å²) in [5.41, 5.74) is 6.50. The van der Waals surface area contributed by atoms with E-state index in [0.29, 0.717) is 24.9 Å². The molecule has 0 saturated heterocycles. The van der Waals surface area contributed by atoms with Gasteiger partial charge in [0.25, 0.3) is 5.56 Å². The molecule has 0 fully saturated rings. The number of aryl methyl sites for hydroxylation is 1. The maximum absolute atomic E-state index is 12.1. The standard InChI is InChI=1S/C13H19N3O2S/c1-9-6-7-10(12(14)19)13(18)16(9)8-4-5-11(17)15(2)3/h6-7H,4-5,8H2,1-3H3,(H2,14,19). The van der Waals surface area contributed by atoms with Crippen LogP contribution in [0.25, 0.3) is 0 Å². The van der Waals surface area contributed by atoms with Crippen LogP contribution in [0.15, 0.2) is 16.9 Å². The number of nitrogens with two attached hydrogens (primary N) is 1. The Morgan fingerprint density at radius 2 is 2.05 bits per heavy atom. The molecule has 0 aliphatic carbocycles. The highest BCUT2D eigenvalue weighted by Crippen LogP contribution is 2.02. The SMILES string of the molecule is Cc1ccc(C(N)=S)c(=O)n1CCCC(=O)N(C)C. The van der Waals surface area contributed by atoms with Gasteiger partial charge >= 0.3 is 0 Å². The molecule has 0 atom stereocenters. The lowest BCUT2D eigenvalue weighted by atomic mass is 10.2. The molecule has 0 unspecified atom stereocenters. The Labute approximate surface area is 118 Å². The topological polar surface area (TPSA) is 68.3 Å². The van der Waals surface area contributed by atoms with Crippen LogP contribution >= 0.6 is 12.2 Å². The zero-order valence-electron chi connectivity index (χ0n) is 11.5. The van der Waals surface area contributed by atoms with Crippen LogP contribution in [0, 0.1) is 6.92 Å². The Hall–Kier alpha value is -1.69. The number of pyridine rings is 1.